The first-order chi connectivity index (χ1) is 18.7. The molecule has 39 heavy (non-hydrogen) atoms. The van der Waals surface area contributed by atoms with Gasteiger partial charge in [-0.15, -0.1) is 0 Å². The third kappa shape index (κ3) is 4.40. The van der Waals surface area contributed by atoms with Crippen LogP contribution in [0.1, 0.15) is 5.56 Å². The van der Waals surface area contributed by atoms with Crippen LogP contribution in [0.25, 0.3) is 22.5 Å². The Labute approximate surface area is 222 Å². The molecule has 0 spiro atoms. The Morgan fingerprint density at radius 1 is 1.13 bits per heavy atom. The number of nitrogens with one attached hydrogen (secondary N) is 2. The van der Waals surface area contributed by atoms with E-state index < -0.39 is 26.6 Å². The number of pyridine rings is 1. The molecular weight excluding hydrogens is 526 g/mol. The summed E-state index contributed by atoms with van der Waals surface area (Å²) in [5.74, 6) is -0.467. The summed E-state index contributed by atoms with van der Waals surface area (Å²) in [5, 5.41) is 7.39. The highest BCUT2D eigenvalue weighted by molar-refractivity contribution is 7.92. The maximum atomic E-state index is 16.0. The molecule has 0 unspecified atom stereocenters. The van der Waals surface area contributed by atoms with Crippen molar-refractivity contribution in [2.75, 3.05) is 16.6 Å². The predicted molar refractivity (Wildman–Crippen MR) is 141 cm³/mol. The van der Waals surface area contributed by atoms with Crippen molar-refractivity contribution in [1.29, 1.82) is 0 Å². The summed E-state index contributed by atoms with van der Waals surface area (Å²) in [6, 6.07) is 9.62. The quantitative estimate of drug-likeness (QED) is 0.345. The van der Waals surface area contributed by atoms with Crippen LogP contribution in [0, 0.1) is 18.6 Å². The van der Waals surface area contributed by atoms with Gasteiger partial charge in [-0.2, -0.15) is 10.1 Å². The zero-order chi connectivity index (χ0) is 27.3. The molecule has 0 fully saturated rings. The minimum absolute atomic E-state index is 0.202. The third-order valence-corrected chi connectivity index (χ3v) is 7.80. The van der Waals surface area contributed by atoms with E-state index in [0.717, 1.165) is 12.1 Å². The molecule has 3 aliphatic rings. The van der Waals surface area contributed by atoms with E-state index in [-0.39, 0.29) is 16.9 Å². The summed E-state index contributed by atoms with van der Waals surface area (Å²) >= 11 is 0. The summed E-state index contributed by atoms with van der Waals surface area (Å²) in [5.41, 5.74) is 2.53. The fourth-order valence-electron chi connectivity index (χ4n) is 4.63. The van der Waals surface area contributed by atoms with Crippen LogP contribution in [-0.2, 0) is 23.6 Å². The highest BCUT2D eigenvalue weighted by Gasteiger charge is 2.27. The molecule has 6 rings (SSSR count). The van der Waals surface area contributed by atoms with Crippen molar-refractivity contribution in [1.82, 2.24) is 24.3 Å². The zero-order valence-electron chi connectivity index (χ0n) is 20.9. The lowest BCUT2D eigenvalue weighted by Crippen LogP contribution is -2.18. The van der Waals surface area contributed by atoms with Crippen LogP contribution in [0.5, 0.6) is 0 Å². The molecule has 0 amide bonds. The Morgan fingerprint density at radius 3 is 2.72 bits per heavy atom. The van der Waals surface area contributed by atoms with Crippen molar-refractivity contribution in [3.8, 4) is 22.5 Å². The van der Waals surface area contributed by atoms with Gasteiger partial charge < -0.3 is 9.88 Å². The van der Waals surface area contributed by atoms with Gasteiger partial charge in [-0.05, 0) is 36.8 Å². The number of anilines is 2. The molecule has 3 aromatic rings. The second-order valence-electron chi connectivity index (χ2n) is 9.07. The van der Waals surface area contributed by atoms with E-state index in [1.54, 1.807) is 49.4 Å². The number of hydrogen-bond acceptors (Lipinski definition) is 7. The minimum atomic E-state index is -4.38. The summed E-state index contributed by atoms with van der Waals surface area (Å²) in [4.78, 5) is 12.8. The van der Waals surface area contributed by atoms with Crippen molar-refractivity contribution >= 4 is 27.2 Å². The number of sulfonamides is 1. The largest absolute Gasteiger partial charge is 0.369 e. The summed E-state index contributed by atoms with van der Waals surface area (Å²) < 4.78 is 61.7. The van der Waals surface area contributed by atoms with Crippen LogP contribution in [0.4, 0.5) is 26.0 Å². The molecule has 0 saturated carbocycles. The molecule has 2 N–H and O–H groups in total. The number of aryl methyl sites for hydroxylation is 2. The first-order valence-electron chi connectivity index (χ1n) is 12.0. The minimum Gasteiger partial charge on any atom is -0.369 e. The number of nitrogens with zero attached hydrogens (tertiary/aromatic N) is 6. The van der Waals surface area contributed by atoms with Crippen molar-refractivity contribution in [3.05, 3.63) is 83.9 Å². The fraction of sp³-hybridized carbons (Fsp3) is 0.154. The predicted octanol–water partition coefficient (Wildman–Crippen LogP) is 3.83. The molecule has 0 bridgehead atoms. The number of aromatic nitrogens is 5. The molecule has 0 saturated heterocycles. The normalized spacial score (nSPS) is 13.5. The van der Waals surface area contributed by atoms with E-state index in [1.807, 2.05) is 4.57 Å². The topological polar surface area (TPSA) is 119 Å². The average Bonchev–Trinajstić information content (AvgIpc) is 3.55. The molecule has 1 aromatic heterocycles. The lowest BCUT2D eigenvalue weighted by atomic mass is 9.97. The molecule has 0 atom stereocenters. The molecule has 10 nitrogen and oxygen atoms in total. The van der Waals surface area contributed by atoms with Crippen LogP contribution in [0.15, 0.2) is 70.9 Å². The SMILES string of the molecule is Cc1ccc(NS(=O)(=O)c2ccccc2F)c(F)c1-c1cc2cnc(=Nc3cnn(C)c3)nc-2n2c1NCC2. The zero-order valence-corrected chi connectivity index (χ0v) is 21.7. The van der Waals surface area contributed by atoms with Gasteiger partial charge in [0.05, 0.1) is 18.1 Å². The van der Waals surface area contributed by atoms with Gasteiger partial charge in [0.25, 0.3) is 15.6 Å². The van der Waals surface area contributed by atoms with Gasteiger partial charge in [-0.25, -0.2) is 27.2 Å². The number of hydrogen-bond donors (Lipinski definition) is 2. The van der Waals surface area contributed by atoms with E-state index in [0.29, 0.717) is 47.1 Å². The Bertz CT molecular complexity index is 1900. The highest BCUT2D eigenvalue weighted by atomic mass is 32.2. The van der Waals surface area contributed by atoms with E-state index in [1.165, 1.54) is 18.2 Å². The monoisotopic (exact) mass is 548 g/mol. The first kappa shape index (κ1) is 24.7. The smallest absolute Gasteiger partial charge is 0.264 e. The third-order valence-electron chi connectivity index (χ3n) is 6.40. The Kier molecular flexibility index (Phi) is 5.87. The number of benzene rings is 2. The van der Waals surface area contributed by atoms with Crippen molar-refractivity contribution in [3.63, 3.8) is 0 Å². The van der Waals surface area contributed by atoms with Gasteiger partial charge >= 0.3 is 0 Å². The van der Waals surface area contributed by atoms with Gasteiger partial charge in [0.2, 0.25) is 0 Å². The summed E-state index contributed by atoms with van der Waals surface area (Å²) in [6.07, 6.45) is 4.97. The number of halogens is 2. The van der Waals surface area contributed by atoms with E-state index in [4.69, 9.17) is 0 Å². The molecular formula is C26H22F2N8O2S. The number of rotatable bonds is 5. The van der Waals surface area contributed by atoms with Gasteiger partial charge in [0.1, 0.15) is 28.0 Å². The van der Waals surface area contributed by atoms with Crippen LogP contribution in [-0.4, -0.2) is 39.3 Å². The maximum absolute atomic E-state index is 16.0. The van der Waals surface area contributed by atoms with E-state index in [2.05, 4.69) is 30.1 Å². The van der Waals surface area contributed by atoms with Crippen LogP contribution in [0.3, 0.4) is 0 Å². The van der Waals surface area contributed by atoms with Crippen LogP contribution >= 0.6 is 0 Å². The van der Waals surface area contributed by atoms with Crippen LogP contribution in [0.2, 0.25) is 0 Å². The van der Waals surface area contributed by atoms with Gasteiger partial charge in [0, 0.05) is 43.0 Å². The van der Waals surface area contributed by atoms with Gasteiger partial charge in [-0.1, -0.05) is 18.2 Å². The molecule has 2 aromatic carbocycles. The second-order valence-corrected chi connectivity index (χ2v) is 10.7. The van der Waals surface area contributed by atoms with Crippen molar-refractivity contribution < 1.29 is 17.2 Å². The highest BCUT2D eigenvalue weighted by Crippen LogP contribution is 2.41. The molecule has 13 heteroatoms. The molecule has 0 aliphatic carbocycles. The number of fused-ring (bicyclic) bond motifs is 3. The van der Waals surface area contributed by atoms with Crippen molar-refractivity contribution in [2.45, 2.75) is 18.4 Å². The molecule has 3 aliphatic heterocycles. The van der Waals surface area contributed by atoms with E-state index >= 15 is 4.39 Å². The standard InChI is InChI=1S/C26H22F2N8O2S/c1-15-7-8-20(34-39(37,38)21-6-4-3-5-19(21)27)23(28)22(15)18-11-16-12-30-26(32-17-13-31-35(2)14-17)33-24(16)36-10-9-29-25(18)36/h3-8,11-14,29,34H,9-10H2,1-2H3. The van der Waals surface area contributed by atoms with Gasteiger partial charge in [-0.3, -0.25) is 9.40 Å². The lowest BCUT2D eigenvalue weighted by Gasteiger charge is -2.20. The lowest BCUT2D eigenvalue weighted by molar-refractivity contribution is 0.569. The second kappa shape index (κ2) is 9.27. The Hall–Kier alpha value is -4.65. The summed E-state index contributed by atoms with van der Waals surface area (Å²) in [6.45, 7) is 2.89. The van der Waals surface area contributed by atoms with E-state index in [9.17, 15) is 12.8 Å². The van der Waals surface area contributed by atoms with Crippen LogP contribution < -0.4 is 15.7 Å². The summed E-state index contributed by atoms with van der Waals surface area (Å²) in [7, 11) is -2.59. The van der Waals surface area contributed by atoms with Gasteiger partial charge in [0.15, 0.2) is 5.82 Å². The first-order valence-corrected chi connectivity index (χ1v) is 13.4. The average molecular weight is 549 g/mol. The molecule has 4 heterocycles. The molecule has 0 radical (unpaired) electrons. The fourth-order valence-corrected chi connectivity index (χ4v) is 5.77. The van der Waals surface area contributed by atoms with Crippen molar-refractivity contribution in [2.24, 2.45) is 12.0 Å². The maximum Gasteiger partial charge on any atom is 0.264 e. The Balaban J connectivity index is 1.47. The molecule has 198 valence electrons. The Morgan fingerprint density at radius 2 is 1.95 bits per heavy atom.